The molecule has 0 bridgehead atoms. The number of thioether (sulfide) groups is 1. The molecule has 194 valence electrons. The van der Waals surface area contributed by atoms with E-state index in [1.165, 1.54) is 24.2 Å². The summed E-state index contributed by atoms with van der Waals surface area (Å²) in [7, 11) is 3.98. The van der Waals surface area contributed by atoms with Crippen LogP contribution in [0, 0.1) is 5.82 Å². The smallest absolute Gasteiger partial charge is 0.338 e. The van der Waals surface area contributed by atoms with Crippen LogP contribution >= 0.6 is 11.8 Å². The first-order valence-corrected chi connectivity index (χ1v) is 13.7. The van der Waals surface area contributed by atoms with Crippen LogP contribution in [0.3, 0.4) is 0 Å². The van der Waals surface area contributed by atoms with Gasteiger partial charge < -0.3 is 15.0 Å². The Morgan fingerprint density at radius 2 is 1.86 bits per heavy atom. The Labute approximate surface area is 221 Å². The molecule has 1 saturated carbocycles. The molecule has 2 aromatic carbocycles. The number of esters is 1. The highest BCUT2D eigenvalue weighted by molar-refractivity contribution is 7.98. The number of hydrogen-bond donors (Lipinski definition) is 1. The number of nitrogens with one attached hydrogen (secondary N) is 1. The van der Waals surface area contributed by atoms with Crippen molar-refractivity contribution in [3.63, 3.8) is 0 Å². The third-order valence-corrected chi connectivity index (χ3v) is 7.81. The number of fused-ring (bicyclic) bond motifs is 1. The van der Waals surface area contributed by atoms with Gasteiger partial charge >= 0.3 is 5.97 Å². The molecule has 1 unspecified atom stereocenters. The van der Waals surface area contributed by atoms with Gasteiger partial charge in [-0.1, -0.05) is 48.5 Å². The van der Waals surface area contributed by atoms with Crippen molar-refractivity contribution in [2.45, 2.75) is 62.1 Å². The fourth-order valence-corrected chi connectivity index (χ4v) is 5.69. The molecule has 1 aromatic heterocycles. The molecular weight excluding hydrogens is 489 g/mol. The monoisotopic (exact) mass is 521 g/mol. The second-order valence-electron chi connectivity index (χ2n) is 9.76. The van der Waals surface area contributed by atoms with Gasteiger partial charge in [-0.3, -0.25) is 0 Å². The van der Waals surface area contributed by atoms with E-state index in [1.807, 2.05) is 56.3 Å². The quantitative estimate of drug-likeness (QED) is 0.305. The molecule has 2 aliphatic rings. The lowest BCUT2D eigenvalue weighted by Crippen LogP contribution is -2.32. The number of anilines is 2. The van der Waals surface area contributed by atoms with Crippen molar-refractivity contribution in [3.05, 3.63) is 76.7 Å². The van der Waals surface area contributed by atoms with Crippen LogP contribution < -0.4 is 10.2 Å². The zero-order valence-electron chi connectivity index (χ0n) is 21.4. The summed E-state index contributed by atoms with van der Waals surface area (Å²) in [4.78, 5) is 20.3. The SMILES string of the molecule is CC1=C(C(=O)OC2CCCCC2)C(c2ccc(N(C)C)cc2)n2nc(SCc3ccccc3F)nc2N1. The number of halogens is 1. The van der Waals surface area contributed by atoms with Crippen molar-refractivity contribution < 1.29 is 13.9 Å². The standard InChI is InChI=1S/C28H32FN5O2S/c1-18-24(26(35)36-22-10-5-4-6-11-22)25(19-13-15-21(16-14-19)33(2)3)34-27(30-18)31-28(32-34)37-17-20-9-7-8-12-23(20)29/h7-9,12-16,22,25H,4-6,10-11,17H2,1-3H3,(H,30,31,32). The van der Waals surface area contributed by atoms with Crippen molar-refractivity contribution in [1.29, 1.82) is 0 Å². The van der Waals surface area contributed by atoms with Crippen molar-refractivity contribution >= 4 is 29.4 Å². The lowest BCUT2D eigenvalue weighted by atomic mass is 9.94. The molecule has 2 heterocycles. The van der Waals surface area contributed by atoms with Gasteiger partial charge in [0.1, 0.15) is 18.0 Å². The van der Waals surface area contributed by atoms with E-state index in [2.05, 4.69) is 10.3 Å². The maximum atomic E-state index is 14.1. The lowest BCUT2D eigenvalue weighted by molar-refractivity contribution is -0.146. The molecule has 1 atom stereocenters. The third-order valence-electron chi connectivity index (χ3n) is 6.92. The molecule has 1 aliphatic carbocycles. The minimum atomic E-state index is -0.487. The number of ether oxygens (including phenoxy) is 1. The first-order valence-electron chi connectivity index (χ1n) is 12.7. The Bertz CT molecular complexity index is 1300. The summed E-state index contributed by atoms with van der Waals surface area (Å²) < 4.78 is 21.9. The number of hydrogen-bond acceptors (Lipinski definition) is 7. The van der Waals surface area contributed by atoms with E-state index in [9.17, 15) is 9.18 Å². The lowest BCUT2D eigenvalue weighted by Gasteiger charge is -2.30. The van der Waals surface area contributed by atoms with Crippen LogP contribution in [-0.2, 0) is 15.3 Å². The molecule has 1 fully saturated rings. The zero-order valence-corrected chi connectivity index (χ0v) is 22.2. The van der Waals surface area contributed by atoms with Gasteiger partial charge in [0.2, 0.25) is 11.1 Å². The molecule has 0 radical (unpaired) electrons. The predicted octanol–water partition coefficient (Wildman–Crippen LogP) is 5.94. The minimum absolute atomic E-state index is 0.0534. The normalized spacial score (nSPS) is 17.8. The van der Waals surface area contributed by atoms with Crippen molar-refractivity contribution in [3.8, 4) is 0 Å². The number of allylic oxidation sites excluding steroid dienone is 1. The van der Waals surface area contributed by atoms with E-state index in [-0.39, 0.29) is 17.9 Å². The van der Waals surface area contributed by atoms with Crippen LogP contribution in [0.5, 0.6) is 0 Å². The van der Waals surface area contributed by atoms with Gasteiger partial charge in [0.05, 0.1) is 5.57 Å². The number of carbonyl (C=O) groups is 1. The van der Waals surface area contributed by atoms with Crippen LogP contribution in [0.4, 0.5) is 16.0 Å². The average Bonchev–Trinajstić information content (AvgIpc) is 3.30. The number of aromatic nitrogens is 3. The second-order valence-corrected chi connectivity index (χ2v) is 10.7. The molecule has 37 heavy (non-hydrogen) atoms. The van der Waals surface area contributed by atoms with E-state index < -0.39 is 6.04 Å². The predicted molar refractivity (Wildman–Crippen MR) is 144 cm³/mol. The first-order chi connectivity index (χ1) is 17.9. The van der Waals surface area contributed by atoms with Crippen molar-refractivity contribution in [2.24, 2.45) is 0 Å². The average molecular weight is 522 g/mol. The fourth-order valence-electron chi connectivity index (χ4n) is 4.88. The molecule has 1 aliphatic heterocycles. The number of rotatable bonds is 7. The van der Waals surface area contributed by atoms with Crippen molar-refractivity contribution in [1.82, 2.24) is 14.8 Å². The Kier molecular flexibility index (Phi) is 7.50. The van der Waals surface area contributed by atoms with Gasteiger partial charge in [0, 0.05) is 31.2 Å². The van der Waals surface area contributed by atoms with Gasteiger partial charge in [0.15, 0.2) is 0 Å². The largest absolute Gasteiger partial charge is 0.459 e. The molecule has 9 heteroatoms. The summed E-state index contributed by atoms with van der Waals surface area (Å²) in [6, 6.07) is 14.3. The molecule has 3 aromatic rings. The number of carbonyl (C=O) groups excluding carboxylic acids is 1. The summed E-state index contributed by atoms with van der Waals surface area (Å²) in [5, 5.41) is 8.53. The van der Waals surface area contributed by atoms with Crippen molar-refractivity contribution in [2.75, 3.05) is 24.3 Å². The molecule has 1 N–H and O–H groups in total. The summed E-state index contributed by atoms with van der Waals surface area (Å²) in [5.41, 5.74) is 3.80. The third kappa shape index (κ3) is 5.51. The highest BCUT2D eigenvalue weighted by atomic mass is 32.2. The molecule has 7 nitrogen and oxygen atoms in total. The molecule has 5 rings (SSSR count). The van der Waals surface area contributed by atoms with Crippen LogP contribution in [0.1, 0.15) is 56.2 Å². The topological polar surface area (TPSA) is 72.3 Å². The molecule has 0 spiro atoms. The Morgan fingerprint density at radius 3 is 2.57 bits per heavy atom. The summed E-state index contributed by atoms with van der Waals surface area (Å²) in [6.45, 7) is 1.88. The van der Waals surface area contributed by atoms with E-state index in [0.29, 0.717) is 33.7 Å². The Morgan fingerprint density at radius 1 is 1.14 bits per heavy atom. The van der Waals surface area contributed by atoms with E-state index in [0.717, 1.165) is 36.9 Å². The number of benzene rings is 2. The summed E-state index contributed by atoms with van der Waals surface area (Å²) in [5.74, 6) is 0.382. The molecule has 0 saturated heterocycles. The second kappa shape index (κ2) is 11.0. The molecule has 0 amide bonds. The number of nitrogens with zero attached hydrogens (tertiary/aromatic N) is 4. The first kappa shape index (κ1) is 25.3. The van der Waals surface area contributed by atoms with Crippen LogP contribution in [-0.4, -0.2) is 40.9 Å². The van der Waals surface area contributed by atoms with Gasteiger partial charge in [-0.05, 0) is 61.9 Å². The van der Waals surface area contributed by atoms with Crippen LogP contribution in [0.2, 0.25) is 0 Å². The van der Waals surface area contributed by atoms with E-state index >= 15 is 0 Å². The summed E-state index contributed by atoms with van der Waals surface area (Å²) in [6.07, 6.45) is 5.10. The Balaban J connectivity index is 1.47. The van der Waals surface area contributed by atoms with Crippen LogP contribution in [0.15, 0.2) is 65.0 Å². The van der Waals surface area contributed by atoms with Gasteiger partial charge in [-0.2, -0.15) is 4.98 Å². The maximum absolute atomic E-state index is 14.1. The van der Waals surface area contributed by atoms with Gasteiger partial charge in [0.25, 0.3) is 0 Å². The van der Waals surface area contributed by atoms with Gasteiger partial charge in [-0.15, -0.1) is 5.10 Å². The van der Waals surface area contributed by atoms with E-state index in [4.69, 9.17) is 9.84 Å². The van der Waals surface area contributed by atoms with Crippen LogP contribution in [0.25, 0.3) is 0 Å². The summed E-state index contributed by atoms with van der Waals surface area (Å²) >= 11 is 1.36. The maximum Gasteiger partial charge on any atom is 0.338 e. The highest BCUT2D eigenvalue weighted by Crippen LogP contribution is 2.38. The van der Waals surface area contributed by atoms with E-state index in [1.54, 1.807) is 16.8 Å². The molecular formula is C28H32FN5O2S. The Hall–Kier alpha value is -3.33. The van der Waals surface area contributed by atoms with Gasteiger partial charge in [-0.25, -0.2) is 13.9 Å². The minimum Gasteiger partial charge on any atom is -0.459 e. The zero-order chi connectivity index (χ0) is 25.9. The fraction of sp³-hybridized carbons (Fsp3) is 0.393. The highest BCUT2D eigenvalue weighted by Gasteiger charge is 2.36.